The van der Waals surface area contributed by atoms with Crippen molar-refractivity contribution in [2.45, 2.75) is 26.1 Å². The van der Waals surface area contributed by atoms with Crippen LogP contribution in [0.1, 0.15) is 22.4 Å². The SMILES string of the molecule is O=c1[nH]c(NCc2ccc3c(c2)OCO3)nc2c1CN(Cc1cc(F)cc(F)c1)CC2. The molecule has 2 aliphatic rings. The first-order valence-electron chi connectivity index (χ1n) is 9.95. The van der Waals surface area contributed by atoms with Gasteiger partial charge in [0, 0.05) is 38.7 Å². The van der Waals surface area contributed by atoms with Crippen LogP contribution in [0.4, 0.5) is 14.7 Å². The lowest BCUT2D eigenvalue weighted by Gasteiger charge is -2.27. The molecule has 0 aliphatic carbocycles. The van der Waals surface area contributed by atoms with Crippen LogP contribution < -0.4 is 20.3 Å². The molecule has 31 heavy (non-hydrogen) atoms. The van der Waals surface area contributed by atoms with Gasteiger partial charge < -0.3 is 14.8 Å². The Balaban J connectivity index is 1.27. The number of fused-ring (bicyclic) bond motifs is 2. The minimum atomic E-state index is -0.606. The quantitative estimate of drug-likeness (QED) is 0.653. The first kappa shape index (κ1) is 19.5. The average molecular weight is 426 g/mol. The molecule has 7 nitrogen and oxygen atoms in total. The molecule has 0 bridgehead atoms. The van der Waals surface area contributed by atoms with E-state index in [2.05, 4.69) is 15.3 Å². The zero-order chi connectivity index (χ0) is 21.4. The number of H-pyrrole nitrogens is 1. The number of aromatic nitrogens is 2. The summed E-state index contributed by atoms with van der Waals surface area (Å²) in [5.41, 5.74) is 2.61. The molecule has 3 heterocycles. The van der Waals surface area contributed by atoms with Crippen LogP contribution in [0.5, 0.6) is 11.5 Å². The van der Waals surface area contributed by atoms with E-state index in [1.807, 2.05) is 23.1 Å². The monoisotopic (exact) mass is 426 g/mol. The topological polar surface area (TPSA) is 79.5 Å². The first-order chi connectivity index (χ1) is 15.0. The van der Waals surface area contributed by atoms with Gasteiger partial charge in [0.2, 0.25) is 12.7 Å². The van der Waals surface area contributed by atoms with Gasteiger partial charge in [-0.05, 0) is 35.4 Å². The normalized spacial score (nSPS) is 15.0. The van der Waals surface area contributed by atoms with Gasteiger partial charge in [0.1, 0.15) is 11.6 Å². The minimum absolute atomic E-state index is 0.215. The Kier molecular flexibility index (Phi) is 5.03. The third kappa shape index (κ3) is 4.22. The number of anilines is 1. The maximum absolute atomic E-state index is 13.4. The van der Waals surface area contributed by atoms with Crippen molar-refractivity contribution in [3.63, 3.8) is 0 Å². The molecule has 0 saturated heterocycles. The Morgan fingerprint density at radius 2 is 1.87 bits per heavy atom. The van der Waals surface area contributed by atoms with Gasteiger partial charge in [-0.15, -0.1) is 0 Å². The van der Waals surface area contributed by atoms with E-state index in [-0.39, 0.29) is 12.4 Å². The summed E-state index contributed by atoms with van der Waals surface area (Å²) >= 11 is 0. The first-order valence-corrected chi connectivity index (χ1v) is 9.95. The van der Waals surface area contributed by atoms with Crippen LogP contribution in [0, 0.1) is 11.6 Å². The Morgan fingerprint density at radius 3 is 2.71 bits per heavy atom. The summed E-state index contributed by atoms with van der Waals surface area (Å²) in [5, 5.41) is 3.15. The van der Waals surface area contributed by atoms with Crippen molar-refractivity contribution in [3.05, 3.63) is 80.8 Å². The molecule has 2 aliphatic heterocycles. The second-order valence-corrected chi connectivity index (χ2v) is 7.62. The summed E-state index contributed by atoms with van der Waals surface area (Å²) < 4.78 is 37.6. The third-order valence-corrected chi connectivity index (χ3v) is 5.37. The van der Waals surface area contributed by atoms with E-state index in [1.54, 1.807) is 0 Å². The number of ether oxygens (including phenoxy) is 2. The highest BCUT2D eigenvalue weighted by molar-refractivity contribution is 5.45. The summed E-state index contributed by atoms with van der Waals surface area (Å²) in [6.45, 7) is 2.06. The number of halogens is 2. The second kappa shape index (κ2) is 7.99. The molecule has 3 aromatic rings. The molecule has 2 aromatic carbocycles. The van der Waals surface area contributed by atoms with E-state index >= 15 is 0 Å². The highest BCUT2D eigenvalue weighted by Crippen LogP contribution is 2.32. The zero-order valence-electron chi connectivity index (χ0n) is 16.6. The molecule has 0 atom stereocenters. The van der Waals surface area contributed by atoms with E-state index < -0.39 is 11.6 Å². The van der Waals surface area contributed by atoms with Gasteiger partial charge in [0.25, 0.3) is 5.56 Å². The lowest BCUT2D eigenvalue weighted by Crippen LogP contribution is -2.35. The number of rotatable bonds is 5. The number of aromatic amines is 1. The van der Waals surface area contributed by atoms with Crippen molar-refractivity contribution in [2.75, 3.05) is 18.7 Å². The van der Waals surface area contributed by atoms with E-state index in [0.29, 0.717) is 55.4 Å². The molecule has 5 rings (SSSR count). The van der Waals surface area contributed by atoms with E-state index in [4.69, 9.17) is 9.47 Å². The molecule has 1 aromatic heterocycles. The fourth-order valence-electron chi connectivity index (χ4n) is 3.90. The zero-order valence-corrected chi connectivity index (χ0v) is 16.6. The van der Waals surface area contributed by atoms with E-state index in [0.717, 1.165) is 23.1 Å². The number of nitrogens with one attached hydrogen (secondary N) is 2. The molecule has 0 fully saturated rings. The maximum atomic E-state index is 13.4. The van der Waals surface area contributed by atoms with Gasteiger partial charge in [-0.3, -0.25) is 14.7 Å². The van der Waals surface area contributed by atoms with Crippen molar-refractivity contribution in [3.8, 4) is 11.5 Å². The van der Waals surface area contributed by atoms with Gasteiger partial charge in [-0.2, -0.15) is 0 Å². The molecule has 0 spiro atoms. The van der Waals surface area contributed by atoms with Crippen LogP contribution in [0.15, 0.2) is 41.2 Å². The van der Waals surface area contributed by atoms with Crippen molar-refractivity contribution in [1.29, 1.82) is 0 Å². The smallest absolute Gasteiger partial charge is 0.257 e. The molecular weight excluding hydrogens is 406 g/mol. The predicted molar refractivity (Wildman–Crippen MR) is 109 cm³/mol. The lowest BCUT2D eigenvalue weighted by atomic mass is 10.1. The molecule has 160 valence electrons. The second-order valence-electron chi connectivity index (χ2n) is 7.62. The summed E-state index contributed by atoms with van der Waals surface area (Å²) in [7, 11) is 0. The summed E-state index contributed by atoms with van der Waals surface area (Å²) in [4.78, 5) is 22.0. The number of benzene rings is 2. The van der Waals surface area contributed by atoms with Crippen molar-refractivity contribution < 1.29 is 18.3 Å². The average Bonchev–Trinajstić information content (AvgIpc) is 3.20. The lowest BCUT2D eigenvalue weighted by molar-refractivity contribution is 0.174. The Morgan fingerprint density at radius 1 is 1.06 bits per heavy atom. The Bertz CT molecular complexity index is 1180. The van der Waals surface area contributed by atoms with Gasteiger partial charge in [-0.25, -0.2) is 13.8 Å². The predicted octanol–water partition coefficient (Wildman–Crippen LogP) is 2.95. The van der Waals surface area contributed by atoms with Crippen molar-refractivity contribution in [1.82, 2.24) is 14.9 Å². The molecule has 2 N–H and O–H groups in total. The fraction of sp³-hybridized carbons (Fsp3) is 0.273. The maximum Gasteiger partial charge on any atom is 0.257 e. The number of hydrogen-bond acceptors (Lipinski definition) is 6. The number of hydrogen-bond donors (Lipinski definition) is 2. The highest BCUT2D eigenvalue weighted by atomic mass is 19.1. The van der Waals surface area contributed by atoms with Crippen LogP contribution in [-0.2, 0) is 26.1 Å². The van der Waals surface area contributed by atoms with Crippen LogP contribution in [0.2, 0.25) is 0 Å². The molecule has 0 unspecified atom stereocenters. The standard InChI is InChI=1S/C22H20F2N4O3/c23-15-5-14(6-16(24)8-15)10-28-4-3-18-17(11-28)21(29)27-22(26-18)25-9-13-1-2-19-20(7-13)31-12-30-19/h1-2,5-8H,3-4,9-12H2,(H2,25,26,27,29). The van der Waals surface area contributed by atoms with E-state index in [9.17, 15) is 13.6 Å². The minimum Gasteiger partial charge on any atom is -0.454 e. The van der Waals surface area contributed by atoms with Crippen LogP contribution in [0.3, 0.4) is 0 Å². The van der Waals surface area contributed by atoms with Gasteiger partial charge >= 0.3 is 0 Å². The largest absolute Gasteiger partial charge is 0.454 e. The third-order valence-electron chi connectivity index (χ3n) is 5.37. The van der Waals surface area contributed by atoms with Crippen molar-refractivity contribution >= 4 is 5.95 Å². The highest BCUT2D eigenvalue weighted by Gasteiger charge is 2.22. The van der Waals surface area contributed by atoms with Crippen molar-refractivity contribution in [2.24, 2.45) is 0 Å². The molecular formula is C22H20F2N4O3. The summed E-state index contributed by atoms with van der Waals surface area (Å²) in [6, 6.07) is 9.13. The Labute approximate surface area is 176 Å². The fourth-order valence-corrected chi connectivity index (χ4v) is 3.90. The molecule has 0 amide bonds. The van der Waals surface area contributed by atoms with Crippen LogP contribution in [0.25, 0.3) is 0 Å². The van der Waals surface area contributed by atoms with Gasteiger partial charge in [0.15, 0.2) is 11.5 Å². The number of nitrogens with zero attached hydrogens (tertiary/aromatic N) is 2. The van der Waals surface area contributed by atoms with Crippen LogP contribution in [-0.4, -0.2) is 28.2 Å². The Hall–Kier alpha value is -3.46. The molecule has 0 saturated carbocycles. The van der Waals surface area contributed by atoms with Crippen LogP contribution >= 0.6 is 0 Å². The van der Waals surface area contributed by atoms with Gasteiger partial charge in [-0.1, -0.05) is 6.07 Å². The molecule has 0 radical (unpaired) electrons. The van der Waals surface area contributed by atoms with Gasteiger partial charge in [0.05, 0.1) is 11.3 Å². The summed E-state index contributed by atoms with van der Waals surface area (Å²) in [5.74, 6) is 0.608. The van der Waals surface area contributed by atoms with E-state index in [1.165, 1.54) is 12.1 Å². The summed E-state index contributed by atoms with van der Waals surface area (Å²) in [6.07, 6.45) is 0.579. The molecule has 9 heteroatoms.